The van der Waals surface area contributed by atoms with Crippen LogP contribution in [-0.4, -0.2) is 56.2 Å². The summed E-state index contributed by atoms with van der Waals surface area (Å²) >= 11 is 0. The van der Waals surface area contributed by atoms with Crippen LogP contribution in [0.25, 0.3) is 0 Å². The Hall–Kier alpha value is -3.52. The van der Waals surface area contributed by atoms with E-state index in [1.54, 1.807) is 32.0 Å². The third-order valence-electron chi connectivity index (χ3n) is 4.58. The Morgan fingerprint density at radius 3 is 1.53 bits per heavy atom. The summed E-state index contributed by atoms with van der Waals surface area (Å²) in [7, 11) is 0. The van der Waals surface area contributed by atoms with Crippen LogP contribution in [0.4, 0.5) is 0 Å². The molecule has 8 heteroatoms. The number of esters is 3. The van der Waals surface area contributed by atoms with Crippen molar-refractivity contribution in [3.8, 4) is 0 Å². The van der Waals surface area contributed by atoms with E-state index in [2.05, 4.69) is 0 Å². The first kappa shape index (κ1) is 26.7. The summed E-state index contributed by atoms with van der Waals surface area (Å²) < 4.78 is 20.7. The zero-order chi connectivity index (χ0) is 25.1. The lowest BCUT2D eigenvalue weighted by Gasteiger charge is -2.09. The second-order valence-corrected chi connectivity index (χ2v) is 8.00. The maximum absolute atomic E-state index is 12.3. The van der Waals surface area contributed by atoms with Crippen LogP contribution in [0, 0.1) is 5.92 Å². The van der Waals surface area contributed by atoms with Crippen molar-refractivity contribution >= 4 is 23.7 Å². The van der Waals surface area contributed by atoms with Crippen molar-refractivity contribution in [3.05, 3.63) is 70.8 Å². The number of carbonyl (C=O) groups is 4. The second-order valence-electron chi connectivity index (χ2n) is 8.00. The predicted octanol–water partition coefficient (Wildman–Crippen LogP) is 4.12. The largest absolute Gasteiger partial charge is 0.460 e. The van der Waals surface area contributed by atoms with Gasteiger partial charge in [-0.1, -0.05) is 32.0 Å². The fourth-order valence-electron chi connectivity index (χ4n) is 2.81. The Bertz CT molecular complexity index is 992. The van der Waals surface area contributed by atoms with Crippen LogP contribution in [0.3, 0.4) is 0 Å². The highest BCUT2D eigenvalue weighted by molar-refractivity contribution is 5.98. The Balaban J connectivity index is 1.78. The molecule has 8 nitrogen and oxygen atoms in total. The summed E-state index contributed by atoms with van der Waals surface area (Å²) in [4.78, 5) is 48.5. The summed E-state index contributed by atoms with van der Waals surface area (Å²) in [6.07, 6.45) is 0.0389. The molecule has 34 heavy (non-hydrogen) atoms. The van der Waals surface area contributed by atoms with Gasteiger partial charge >= 0.3 is 17.9 Å². The maximum atomic E-state index is 12.3. The molecule has 0 aromatic heterocycles. The van der Waals surface area contributed by atoms with Crippen LogP contribution in [-0.2, 0) is 18.9 Å². The van der Waals surface area contributed by atoms with Gasteiger partial charge in [0.05, 0.1) is 29.4 Å². The fourth-order valence-corrected chi connectivity index (χ4v) is 2.81. The quantitative estimate of drug-likeness (QED) is 0.197. The molecule has 2 aromatic rings. The molecule has 0 atom stereocenters. The molecule has 0 N–H and O–H groups in total. The number of benzene rings is 2. The van der Waals surface area contributed by atoms with Crippen LogP contribution in [0.5, 0.6) is 0 Å². The molecule has 0 bridgehead atoms. The van der Waals surface area contributed by atoms with Gasteiger partial charge in [-0.2, -0.15) is 0 Å². The third-order valence-corrected chi connectivity index (χ3v) is 4.58. The number of carbonyl (C=O) groups excluding carboxylic acids is 4. The van der Waals surface area contributed by atoms with E-state index in [0.29, 0.717) is 5.56 Å². The Morgan fingerprint density at radius 2 is 1.06 bits per heavy atom. The van der Waals surface area contributed by atoms with Crippen LogP contribution in [0.2, 0.25) is 0 Å². The zero-order valence-corrected chi connectivity index (χ0v) is 19.9. The first-order valence-electron chi connectivity index (χ1n) is 11.1. The second kappa shape index (κ2) is 13.3. The molecule has 0 aliphatic heterocycles. The van der Waals surface area contributed by atoms with Crippen LogP contribution in [0.1, 0.15) is 69.1 Å². The molecule has 2 aromatic carbocycles. The van der Waals surface area contributed by atoms with Crippen LogP contribution < -0.4 is 0 Å². The van der Waals surface area contributed by atoms with Gasteiger partial charge in [-0.3, -0.25) is 4.79 Å². The topological polar surface area (TPSA) is 105 Å². The number of Topliss-reactive ketones (excluding diaryl/α,β-unsaturated/α-hetero) is 1. The van der Waals surface area contributed by atoms with Crippen molar-refractivity contribution in [1.29, 1.82) is 0 Å². The Kier molecular flexibility index (Phi) is 10.4. The molecular formula is C26H30O8. The minimum absolute atomic E-state index is 0.00990. The van der Waals surface area contributed by atoms with Gasteiger partial charge in [0.1, 0.15) is 19.8 Å². The van der Waals surface area contributed by atoms with Crippen LogP contribution in [0.15, 0.2) is 48.5 Å². The summed E-state index contributed by atoms with van der Waals surface area (Å²) in [6.45, 7) is 7.46. The zero-order valence-electron chi connectivity index (χ0n) is 19.9. The molecule has 0 unspecified atom stereocenters. The van der Waals surface area contributed by atoms with Crippen molar-refractivity contribution in [2.75, 3.05) is 26.4 Å². The lowest BCUT2D eigenvalue weighted by molar-refractivity contribution is 0.0176. The van der Waals surface area contributed by atoms with E-state index in [1.807, 2.05) is 13.8 Å². The minimum atomic E-state index is -0.662. The molecule has 0 saturated carbocycles. The van der Waals surface area contributed by atoms with Gasteiger partial charge in [-0.25, -0.2) is 14.4 Å². The van der Waals surface area contributed by atoms with Gasteiger partial charge in [0.15, 0.2) is 5.78 Å². The number of hydrogen-bond donors (Lipinski definition) is 0. The fraction of sp³-hybridized carbons (Fsp3) is 0.385. The van der Waals surface area contributed by atoms with Gasteiger partial charge in [-0.15, -0.1) is 0 Å². The summed E-state index contributed by atoms with van der Waals surface area (Å²) in [5.41, 5.74) is 1.20. The molecule has 0 heterocycles. The van der Waals surface area contributed by atoms with Crippen molar-refractivity contribution in [2.24, 2.45) is 5.92 Å². The summed E-state index contributed by atoms with van der Waals surface area (Å²) in [6, 6.07) is 12.2. The van der Waals surface area contributed by atoms with E-state index in [-0.39, 0.29) is 60.9 Å². The molecule has 2 rings (SSSR count). The lowest BCUT2D eigenvalue weighted by atomic mass is 10.0. The molecule has 0 spiro atoms. The number of ether oxygens (including phenoxy) is 4. The maximum Gasteiger partial charge on any atom is 0.338 e. The highest BCUT2D eigenvalue weighted by Crippen LogP contribution is 2.12. The van der Waals surface area contributed by atoms with E-state index in [4.69, 9.17) is 18.9 Å². The number of ketones is 1. The van der Waals surface area contributed by atoms with Crippen LogP contribution >= 0.6 is 0 Å². The molecule has 0 saturated heterocycles. The third kappa shape index (κ3) is 8.44. The first-order chi connectivity index (χ1) is 16.2. The SMILES string of the molecule is CC(C)OCCOC(=O)c1cccc(C(=O)OCCOC(=O)c2ccc(C(=O)C(C)C)cc2)c1. The van der Waals surface area contributed by atoms with Gasteiger partial charge in [-0.05, 0) is 44.2 Å². The molecular weight excluding hydrogens is 440 g/mol. The molecule has 0 radical (unpaired) electrons. The smallest absolute Gasteiger partial charge is 0.338 e. The first-order valence-corrected chi connectivity index (χ1v) is 11.1. The van der Waals surface area contributed by atoms with E-state index in [0.717, 1.165) is 0 Å². The average molecular weight is 471 g/mol. The minimum Gasteiger partial charge on any atom is -0.460 e. The van der Waals surface area contributed by atoms with Gasteiger partial charge < -0.3 is 18.9 Å². The highest BCUT2D eigenvalue weighted by atomic mass is 16.6. The molecule has 182 valence electrons. The van der Waals surface area contributed by atoms with Crippen molar-refractivity contribution in [2.45, 2.75) is 33.8 Å². The van der Waals surface area contributed by atoms with E-state index >= 15 is 0 Å². The molecule has 0 aliphatic carbocycles. The van der Waals surface area contributed by atoms with E-state index in [1.165, 1.54) is 30.3 Å². The summed E-state index contributed by atoms with van der Waals surface area (Å²) in [5.74, 6) is -1.97. The normalized spacial score (nSPS) is 10.8. The molecule has 0 aliphatic rings. The molecule has 0 amide bonds. The van der Waals surface area contributed by atoms with E-state index < -0.39 is 17.9 Å². The monoisotopic (exact) mass is 470 g/mol. The Morgan fingerprint density at radius 1 is 0.618 bits per heavy atom. The number of hydrogen-bond acceptors (Lipinski definition) is 8. The molecule has 0 fully saturated rings. The standard InChI is InChI=1S/C26H30O8/c1-17(2)23(27)19-8-10-20(11-9-19)24(28)32-14-15-34-26(30)22-7-5-6-21(16-22)25(29)33-13-12-31-18(3)4/h5-11,16-18H,12-15H2,1-4H3. The lowest BCUT2D eigenvalue weighted by Crippen LogP contribution is -2.16. The predicted molar refractivity (Wildman–Crippen MR) is 124 cm³/mol. The number of rotatable bonds is 12. The van der Waals surface area contributed by atoms with Crippen molar-refractivity contribution < 1.29 is 38.1 Å². The van der Waals surface area contributed by atoms with Gasteiger partial charge in [0, 0.05) is 11.5 Å². The Labute approximate surface area is 199 Å². The van der Waals surface area contributed by atoms with Crippen molar-refractivity contribution in [3.63, 3.8) is 0 Å². The van der Waals surface area contributed by atoms with Gasteiger partial charge in [0.25, 0.3) is 0 Å². The summed E-state index contributed by atoms with van der Waals surface area (Å²) in [5, 5.41) is 0. The van der Waals surface area contributed by atoms with E-state index in [9.17, 15) is 19.2 Å². The van der Waals surface area contributed by atoms with Gasteiger partial charge in [0.2, 0.25) is 0 Å². The average Bonchev–Trinajstić information content (AvgIpc) is 2.83. The highest BCUT2D eigenvalue weighted by Gasteiger charge is 2.15. The van der Waals surface area contributed by atoms with Crippen molar-refractivity contribution in [1.82, 2.24) is 0 Å².